The van der Waals surface area contributed by atoms with Gasteiger partial charge in [0, 0.05) is 30.5 Å². The molecule has 2 aromatic rings. The van der Waals surface area contributed by atoms with E-state index in [9.17, 15) is 0 Å². The highest BCUT2D eigenvalue weighted by Gasteiger charge is 2.06. The summed E-state index contributed by atoms with van der Waals surface area (Å²) >= 11 is 1.40. The first-order valence-corrected chi connectivity index (χ1v) is 7.41. The normalized spacial score (nSPS) is 12.3. The summed E-state index contributed by atoms with van der Waals surface area (Å²) in [7, 11) is 0. The fourth-order valence-corrected chi connectivity index (χ4v) is 2.46. The lowest BCUT2D eigenvalue weighted by molar-refractivity contribution is 0.626. The Labute approximate surface area is 118 Å². The Morgan fingerprint density at radius 2 is 2.11 bits per heavy atom. The number of hydrogen-bond donors (Lipinski definition) is 2. The SMILES string of the molecule is CCCC(N)CNc1nc(Cc2ccccc2)ns1. The van der Waals surface area contributed by atoms with Crippen molar-refractivity contribution in [3.05, 3.63) is 41.7 Å². The van der Waals surface area contributed by atoms with Crippen LogP contribution in [0.3, 0.4) is 0 Å². The van der Waals surface area contributed by atoms with Crippen LogP contribution in [-0.4, -0.2) is 21.9 Å². The van der Waals surface area contributed by atoms with Crippen molar-refractivity contribution < 1.29 is 0 Å². The van der Waals surface area contributed by atoms with Gasteiger partial charge < -0.3 is 11.1 Å². The first kappa shape index (κ1) is 14.0. The smallest absolute Gasteiger partial charge is 0.202 e. The lowest BCUT2D eigenvalue weighted by Crippen LogP contribution is -2.28. The summed E-state index contributed by atoms with van der Waals surface area (Å²) < 4.78 is 4.36. The molecule has 2 rings (SSSR count). The Morgan fingerprint density at radius 1 is 1.32 bits per heavy atom. The number of aromatic nitrogens is 2. The number of anilines is 1. The predicted molar refractivity (Wildman–Crippen MR) is 80.5 cm³/mol. The van der Waals surface area contributed by atoms with E-state index in [1.165, 1.54) is 17.1 Å². The zero-order chi connectivity index (χ0) is 13.5. The molecule has 5 heteroatoms. The molecule has 0 bridgehead atoms. The van der Waals surface area contributed by atoms with Crippen LogP contribution in [0.1, 0.15) is 31.2 Å². The van der Waals surface area contributed by atoms with E-state index in [-0.39, 0.29) is 6.04 Å². The van der Waals surface area contributed by atoms with E-state index in [1.54, 1.807) is 0 Å². The van der Waals surface area contributed by atoms with Gasteiger partial charge in [0.1, 0.15) is 5.82 Å². The van der Waals surface area contributed by atoms with E-state index >= 15 is 0 Å². The van der Waals surface area contributed by atoms with E-state index in [2.05, 4.69) is 33.7 Å². The first-order valence-electron chi connectivity index (χ1n) is 6.64. The van der Waals surface area contributed by atoms with Crippen LogP contribution >= 0.6 is 11.5 Å². The number of nitrogens with zero attached hydrogens (tertiary/aromatic N) is 2. The molecule has 102 valence electrons. The van der Waals surface area contributed by atoms with E-state index < -0.39 is 0 Å². The topological polar surface area (TPSA) is 63.8 Å². The predicted octanol–water partition coefficient (Wildman–Crippen LogP) is 2.67. The maximum Gasteiger partial charge on any atom is 0.202 e. The fraction of sp³-hybridized carbons (Fsp3) is 0.429. The van der Waals surface area contributed by atoms with E-state index in [4.69, 9.17) is 5.73 Å². The van der Waals surface area contributed by atoms with Crippen molar-refractivity contribution in [3.63, 3.8) is 0 Å². The Morgan fingerprint density at radius 3 is 2.84 bits per heavy atom. The van der Waals surface area contributed by atoms with Crippen molar-refractivity contribution in [2.45, 2.75) is 32.2 Å². The molecule has 19 heavy (non-hydrogen) atoms. The molecular formula is C14H20N4S. The van der Waals surface area contributed by atoms with Crippen LogP contribution in [0.15, 0.2) is 30.3 Å². The molecule has 0 radical (unpaired) electrons. The van der Waals surface area contributed by atoms with E-state index in [0.717, 1.165) is 36.8 Å². The van der Waals surface area contributed by atoms with Gasteiger partial charge in [-0.15, -0.1) is 0 Å². The maximum absolute atomic E-state index is 5.96. The molecule has 1 aromatic heterocycles. The molecule has 0 saturated heterocycles. The average Bonchev–Trinajstić information content (AvgIpc) is 2.86. The lowest BCUT2D eigenvalue weighted by Gasteiger charge is -2.09. The van der Waals surface area contributed by atoms with Gasteiger partial charge in [-0.1, -0.05) is 43.7 Å². The molecular weight excluding hydrogens is 256 g/mol. The van der Waals surface area contributed by atoms with Gasteiger partial charge in [0.2, 0.25) is 5.13 Å². The van der Waals surface area contributed by atoms with Crippen LogP contribution in [0, 0.1) is 0 Å². The summed E-state index contributed by atoms with van der Waals surface area (Å²) in [5.74, 6) is 0.864. The molecule has 0 aliphatic carbocycles. The number of nitrogens with two attached hydrogens (primary N) is 1. The summed E-state index contributed by atoms with van der Waals surface area (Å²) in [4.78, 5) is 4.48. The average molecular weight is 276 g/mol. The number of nitrogens with one attached hydrogen (secondary N) is 1. The molecule has 4 nitrogen and oxygen atoms in total. The minimum absolute atomic E-state index is 0.187. The van der Waals surface area contributed by atoms with Crippen LogP contribution < -0.4 is 11.1 Å². The third-order valence-electron chi connectivity index (χ3n) is 2.85. The van der Waals surface area contributed by atoms with E-state index in [0.29, 0.717) is 0 Å². The van der Waals surface area contributed by atoms with Crippen molar-refractivity contribution in [2.24, 2.45) is 5.73 Å². The van der Waals surface area contributed by atoms with Crippen LogP contribution in [0.5, 0.6) is 0 Å². The molecule has 0 saturated carbocycles. The van der Waals surface area contributed by atoms with Crippen LogP contribution in [0.2, 0.25) is 0 Å². The minimum atomic E-state index is 0.187. The van der Waals surface area contributed by atoms with E-state index in [1.807, 2.05) is 18.2 Å². The van der Waals surface area contributed by atoms with Gasteiger partial charge in [0.25, 0.3) is 0 Å². The second kappa shape index (κ2) is 7.21. The number of benzene rings is 1. The third kappa shape index (κ3) is 4.61. The van der Waals surface area contributed by atoms with Crippen molar-refractivity contribution in [1.29, 1.82) is 0 Å². The molecule has 0 spiro atoms. The van der Waals surface area contributed by atoms with Gasteiger partial charge in [0.05, 0.1) is 0 Å². The summed E-state index contributed by atoms with van der Waals surface area (Å²) in [5, 5.41) is 4.11. The van der Waals surface area contributed by atoms with Gasteiger partial charge in [-0.25, -0.2) is 4.98 Å². The van der Waals surface area contributed by atoms with Crippen molar-refractivity contribution in [2.75, 3.05) is 11.9 Å². The molecule has 1 aromatic carbocycles. The number of hydrogen-bond acceptors (Lipinski definition) is 5. The summed E-state index contributed by atoms with van der Waals surface area (Å²) in [5.41, 5.74) is 7.19. The summed E-state index contributed by atoms with van der Waals surface area (Å²) in [6.07, 6.45) is 2.92. The zero-order valence-electron chi connectivity index (χ0n) is 11.2. The Hall–Kier alpha value is -1.46. The zero-order valence-corrected chi connectivity index (χ0v) is 12.0. The Kier molecular flexibility index (Phi) is 5.30. The van der Waals surface area contributed by atoms with Crippen LogP contribution in [0.4, 0.5) is 5.13 Å². The Balaban J connectivity index is 1.85. The molecule has 3 N–H and O–H groups in total. The molecule has 1 atom stereocenters. The van der Waals surface area contributed by atoms with Crippen molar-refractivity contribution in [3.8, 4) is 0 Å². The second-order valence-electron chi connectivity index (χ2n) is 4.61. The van der Waals surface area contributed by atoms with Gasteiger partial charge >= 0.3 is 0 Å². The molecule has 0 fully saturated rings. The minimum Gasteiger partial charge on any atom is -0.359 e. The number of rotatable bonds is 7. The summed E-state index contributed by atoms with van der Waals surface area (Å²) in [6, 6.07) is 10.4. The first-order chi connectivity index (χ1) is 9.28. The highest BCUT2D eigenvalue weighted by Crippen LogP contribution is 2.14. The summed E-state index contributed by atoms with van der Waals surface area (Å²) in [6.45, 7) is 2.90. The van der Waals surface area contributed by atoms with Crippen LogP contribution in [-0.2, 0) is 6.42 Å². The quantitative estimate of drug-likeness (QED) is 0.816. The van der Waals surface area contributed by atoms with Gasteiger partial charge in [-0.2, -0.15) is 4.37 Å². The highest BCUT2D eigenvalue weighted by atomic mass is 32.1. The van der Waals surface area contributed by atoms with Crippen molar-refractivity contribution in [1.82, 2.24) is 9.36 Å². The molecule has 0 aliphatic rings. The van der Waals surface area contributed by atoms with Crippen molar-refractivity contribution >= 4 is 16.7 Å². The largest absolute Gasteiger partial charge is 0.359 e. The van der Waals surface area contributed by atoms with Crippen LogP contribution in [0.25, 0.3) is 0 Å². The Bertz CT molecular complexity index is 483. The maximum atomic E-state index is 5.96. The second-order valence-corrected chi connectivity index (χ2v) is 5.36. The lowest BCUT2D eigenvalue weighted by atomic mass is 10.1. The van der Waals surface area contributed by atoms with Gasteiger partial charge in [-0.3, -0.25) is 0 Å². The molecule has 0 aliphatic heterocycles. The standard InChI is InChI=1S/C14H20N4S/c1-2-6-12(15)10-16-14-17-13(18-19-14)9-11-7-4-3-5-8-11/h3-5,7-8,12H,2,6,9-10,15H2,1H3,(H,16,17,18). The molecule has 1 unspecified atom stereocenters. The van der Waals surface area contributed by atoms with Gasteiger partial charge in [-0.05, 0) is 12.0 Å². The highest BCUT2D eigenvalue weighted by molar-refractivity contribution is 7.09. The third-order valence-corrected chi connectivity index (χ3v) is 3.56. The monoisotopic (exact) mass is 276 g/mol. The molecule has 0 amide bonds. The van der Waals surface area contributed by atoms with Gasteiger partial charge in [0.15, 0.2) is 0 Å². The molecule has 1 heterocycles. The fourth-order valence-electron chi connectivity index (χ4n) is 1.87.